The maximum Gasteiger partial charge on any atom is 0.175 e. The molecule has 0 aromatic rings. The molecule has 1 heterocycles. The van der Waals surface area contributed by atoms with E-state index in [4.69, 9.17) is 10.5 Å². The van der Waals surface area contributed by atoms with Crippen LogP contribution >= 0.6 is 0 Å². The number of nitrogens with one attached hydrogen (secondary N) is 1. The molecule has 0 aromatic carbocycles. The van der Waals surface area contributed by atoms with Crippen LogP contribution in [0.3, 0.4) is 0 Å². The van der Waals surface area contributed by atoms with Crippen LogP contribution in [-0.2, 0) is 0 Å². The van der Waals surface area contributed by atoms with Crippen LogP contribution < -0.4 is 5.32 Å². The lowest BCUT2D eigenvalue weighted by molar-refractivity contribution is 0.973. The van der Waals surface area contributed by atoms with Gasteiger partial charge in [0.1, 0.15) is 12.1 Å². The van der Waals surface area contributed by atoms with E-state index >= 15 is 0 Å². The molecular formula is C14H14N4. The van der Waals surface area contributed by atoms with Gasteiger partial charge in [-0.25, -0.2) is 4.99 Å². The van der Waals surface area contributed by atoms with Crippen molar-refractivity contribution in [1.29, 1.82) is 10.5 Å². The summed E-state index contributed by atoms with van der Waals surface area (Å²) in [6.45, 7) is 9.24. The van der Waals surface area contributed by atoms with Gasteiger partial charge in [0.25, 0.3) is 0 Å². The topological polar surface area (TPSA) is 72.0 Å². The van der Waals surface area contributed by atoms with Gasteiger partial charge < -0.3 is 5.32 Å². The Labute approximate surface area is 107 Å². The number of nitriles is 2. The van der Waals surface area contributed by atoms with Gasteiger partial charge in [0.2, 0.25) is 0 Å². The van der Waals surface area contributed by atoms with E-state index in [-0.39, 0.29) is 11.4 Å². The van der Waals surface area contributed by atoms with E-state index in [1.165, 1.54) is 0 Å². The van der Waals surface area contributed by atoms with Crippen LogP contribution in [0.1, 0.15) is 19.8 Å². The normalized spacial score (nSPS) is 14.9. The molecule has 0 amide bonds. The molecule has 90 valence electrons. The fraction of sp³-hybridized carbons (Fsp3) is 0.214. The first-order valence-electron chi connectivity index (χ1n) is 5.48. The SMILES string of the molecule is C=CCC1=NC(C#N)=C(C#N)NC(C)=C1CC=C. The summed E-state index contributed by atoms with van der Waals surface area (Å²) in [5, 5.41) is 21.0. The summed E-state index contributed by atoms with van der Waals surface area (Å²) >= 11 is 0. The van der Waals surface area contributed by atoms with E-state index in [1.807, 2.05) is 19.1 Å². The van der Waals surface area contributed by atoms with E-state index in [1.54, 1.807) is 12.2 Å². The highest BCUT2D eigenvalue weighted by Crippen LogP contribution is 2.20. The monoisotopic (exact) mass is 238 g/mol. The maximum atomic E-state index is 9.04. The Hall–Kier alpha value is -2.59. The molecule has 0 spiro atoms. The van der Waals surface area contributed by atoms with Crippen molar-refractivity contribution in [2.24, 2.45) is 4.99 Å². The van der Waals surface area contributed by atoms with Gasteiger partial charge >= 0.3 is 0 Å². The van der Waals surface area contributed by atoms with Gasteiger partial charge in [-0.3, -0.25) is 0 Å². The Morgan fingerprint density at radius 2 is 1.89 bits per heavy atom. The summed E-state index contributed by atoms with van der Waals surface area (Å²) in [5.41, 5.74) is 2.79. The minimum atomic E-state index is 0.104. The first-order valence-corrected chi connectivity index (χ1v) is 5.48. The van der Waals surface area contributed by atoms with Crippen LogP contribution in [0.25, 0.3) is 0 Å². The molecule has 18 heavy (non-hydrogen) atoms. The largest absolute Gasteiger partial charge is 0.348 e. The molecule has 0 unspecified atom stereocenters. The molecule has 0 aliphatic carbocycles. The fourth-order valence-electron chi connectivity index (χ4n) is 1.68. The lowest BCUT2D eigenvalue weighted by Crippen LogP contribution is -2.13. The molecular weight excluding hydrogens is 224 g/mol. The van der Waals surface area contributed by atoms with Crippen LogP contribution in [-0.4, -0.2) is 5.71 Å². The average molecular weight is 238 g/mol. The zero-order valence-corrected chi connectivity index (χ0v) is 10.3. The Balaban J connectivity index is 3.40. The number of allylic oxidation sites excluding steroid dienone is 6. The van der Waals surface area contributed by atoms with Gasteiger partial charge in [-0.2, -0.15) is 10.5 Å². The molecule has 1 N–H and O–H groups in total. The van der Waals surface area contributed by atoms with Gasteiger partial charge in [0.05, 0.1) is 5.71 Å². The van der Waals surface area contributed by atoms with E-state index in [0.29, 0.717) is 12.8 Å². The van der Waals surface area contributed by atoms with Gasteiger partial charge in [-0.15, -0.1) is 13.2 Å². The predicted octanol–water partition coefficient (Wildman–Crippen LogP) is 2.72. The van der Waals surface area contributed by atoms with Gasteiger partial charge in [0, 0.05) is 12.1 Å². The molecule has 4 nitrogen and oxygen atoms in total. The standard InChI is InChI=1S/C14H14N4/c1-4-6-11-10(3)17-13(8-15)14(9-16)18-12(11)7-5-2/h4-5,17H,1-2,6-7H2,3H3. The summed E-state index contributed by atoms with van der Waals surface area (Å²) in [6, 6.07) is 3.89. The van der Waals surface area contributed by atoms with E-state index in [2.05, 4.69) is 23.5 Å². The zero-order chi connectivity index (χ0) is 13.5. The molecule has 0 aromatic heterocycles. The molecule has 0 saturated heterocycles. The molecule has 1 aliphatic heterocycles. The molecule has 4 heteroatoms. The predicted molar refractivity (Wildman–Crippen MR) is 71.2 cm³/mol. The number of hydrogen-bond acceptors (Lipinski definition) is 4. The second kappa shape index (κ2) is 6.22. The zero-order valence-electron chi connectivity index (χ0n) is 10.3. The Morgan fingerprint density at radius 1 is 1.22 bits per heavy atom. The van der Waals surface area contributed by atoms with Gasteiger partial charge in [-0.05, 0) is 18.9 Å². The quantitative estimate of drug-likeness (QED) is 0.765. The third-order valence-corrected chi connectivity index (χ3v) is 2.50. The van der Waals surface area contributed by atoms with Crippen molar-refractivity contribution in [3.8, 4) is 12.1 Å². The van der Waals surface area contributed by atoms with Gasteiger partial charge in [-0.1, -0.05) is 12.2 Å². The van der Waals surface area contributed by atoms with Crippen molar-refractivity contribution in [2.45, 2.75) is 19.8 Å². The lowest BCUT2D eigenvalue weighted by Gasteiger charge is -2.10. The Kier molecular flexibility index (Phi) is 4.66. The molecule has 0 radical (unpaired) electrons. The Bertz CT molecular complexity index is 547. The maximum absolute atomic E-state index is 9.04. The first-order chi connectivity index (χ1) is 8.67. The lowest BCUT2D eigenvalue weighted by atomic mass is 10.0. The molecule has 0 saturated carbocycles. The fourth-order valence-corrected chi connectivity index (χ4v) is 1.68. The van der Waals surface area contributed by atoms with Crippen LogP contribution in [0.5, 0.6) is 0 Å². The number of aliphatic imine (C=N–C) groups is 1. The number of rotatable bonds is 4. The van der Waals surface area contributed by atoms with Crippen molar-refractivity contribution in [2.75, 3.05) is 0 Å². The van der Waals surface area contributed by atoms with Crippen molar-refractivity contribution >= 4 is 5.71 Å². The van der Waals surface area contributed by atoms with Crippen LogP contribution in [0, 0.1) is 22.7 Å². The minimum absolute atomic E-state index is 0.104. The van der Waals surface area contributed by atoms with Crippen LogP contribution in [0.2, 0.25) is 0 Å². The van der Waals surface area contributed by atoms with Gasteiger partial charge in [0.15, 0.2) is 11.4 Å². The number of hydrogen-bond donors (Lipinski definition) is 1. The number of nitrogens with zero attached hydrogens (tertiary/aromatic N) is 3. The van der Waals surface area contributed by atoms with Crippen LogP contribution in [0.15, 0.2) is 53.0 Å². The highest BCUT2D eigenvalue weighted by Gasteiger charge is 2.17. The second-order valence-electron chi connectivity index (χ2n) is 3.72. The minimum Gasteiger partial charge on any atom is -0.348 e. The smallest absolute Gasteiger partial charge is 0.175 e. The third-order valence-electron chi connectivity index (χ3n) is 2.50. The van der Waals surface area contributed by atoms with Crippen LogP contribution in [0.4, 0.5) is 0 Å². The first kappa shape index (κ1) is 13.5. The van der Waals surface area contributed by atoms with Crippen molar-refractivity contribution in [1.82, 2.24) is 5.32 Å². The summed E-state index contributed by atoms with van der Waals surface area (Å²) in [6.07, 6.45) is 4.67. The summed E-state index contributed by atoms with van der Waals surface area (Å²) in [4.78, 5) is 4.26. The third kappa shape index (κ3) is 2.75. The van der Waals surface area contributed by atoms with Crippen molar-refractivity contribution in [3.63, 3.8) is 0 Å². The van der Waals surface area contributed by atoms with Crippen molar-refractivity contribution in [3.05, 3.63) is 48.0 Å². The molecule has 0 bridgehead atoms. The van der Waals surface area contributed by atoms with E-state index in [9.17, 15) is 0 Å². The second-order valence-corrected chi connectivity index (χ2v) is 3.72. The van der Waals surface area contributed by atoms with Crippen molar-refractivity contribution < 1.29 is 0 Å². The molecule has 1 aliphatic rings. The average Bonchev–Trinajstić information content (AvgIpc) is 2.49. The highest BCUT2D eigenvalue weighted by molar-refractivity contribution is 6.03. The summed E-state index contributed by atoms with van der Waals surface area (Å²) in [5.74, 6) is 0. The summed E-state index contributed by atoms with van der Waals surface area (Å²) < 4.78 is 0. The molecule has 0 fully saturated rings. The molecule has 0 atom stereocenters. The van der Waals surface area contributed by atoms with E-state index < -0.39 is 0 Å². The Morgan fingerprint density at radius 3 is 2.39 bits per heavy atom. The molecule has 1 rings (SSSR count). The highest BCUT2D eigenvalue weighted by atomic mass is 15.0. The van der Waals surface area contributed by atoms with E-state index in [0.717, 1.165) is 17.0 Å². The summed E-state index contributed by atoms with van der Waals surface area (Å²) in [7, 11) is 0.